The number of esters is 1. The van der Waals surface area contributed by atoms with Gasteiger partial charge in [-0.25, -0.2) is 9.59 Å². The molecule has 0 heterocycles. The molecular weight excluding hydrogens is 360 g/mol. The lowest BCUT2D eigenvalue weighted by Crippen LogP contribution is -2.49. The number of carbonyl (C=O) groups is 3. The number of rotatable bonds is 7. The standard InChI is InChI=1S/C21H30N2O5/c1-15(17(24)27-5)23(13-16-9-7-6-8-10-16)18(25)21(11-12-21)14-22-19(26)28-20(2,3)4/h6-10,15H,11-14H2,1-5H3,(H,22,26)/t15-/m0/s1. The number of alkyl carbamates (subject to hydrolysis) is 1. The monoisotopic (exact) mass is 390 g/mol. The SMILES string of the molecule is COC(=O)[C@H](C)N(Cc1ccccc1)C(=O)C1(CNC(=O)OC(C)(C)C)CC1. The first-order valence-corrected chi connectivity index (χ1v) is 9.48. The Labute approximate surface area is 166 Å². The van der Waals surface area contributed by atoms with E-state index >= 15 is 0 Å². The molecule has 1 N–H and O–H groups in total. The van der Waals surface area contributed by atoms with Crippen LogP contribution in [0.5, 0.6) is 0 Å². The number of amides is 2. The minimum atomic E-state index is -0.725. The van der Waals surface area contributed by atoms with Crippen molar-refractivity contribution in [3.8, 4) is 0 Å². The second kappa shape index (κ2) is 8.63. The van der Waals surface area contributed by atoms with Crippen LogP contribution in [0.1, 0.15) is 46.1 Å². The highest BCUT2D eigenvalue weighted by Gasteiger charge is 2.53. The molecule has 1 aromatic rings. The zero-order valence-electron chi connectivity index (χ0n) is 17.3. The van der Waals surface area contributed by atoms with Gasteiger partial charge in [-0.1, -0.05) is 30.3 Å². The first-order chi connectivity index (χ1) is 13.1. The Kier molecular flexibility index (Phi) is 6.69. The van der Waals surface area contributed by atoms with E-state index in [4.69, 9.17) is 9.47 Å². The minimum absolute atomic E-state index is 0.162. The molecule has 1 atom stereocenters. The molecule has 7 nitrogen and oxygen atoms in total. The fourth-order valence-corrected chi connectivity index (χ4v) is 2.94. The first kappa shape index (κ1) is 21.7. The van der Waals surface area contributed by atoms with Crippen molar-refractivity contribution in [3.63, 3.8) is 0 Å². The second-order valence-corrected chi connectivity index (χ2v) is 8.25. The van der Waals surface area contributed by atoms with Gasteiger partial charge < -0.3 is 19.7 Å². The fourth-order valence-electron chi connectivity index (χ4n) is 2.94. The fraction of sp³-hybridized carbons (Fsp3) is 0.571. The number of hydrogen-bond acceptors (Lipinski definition) is 5. The third kappa shape index (κ3) is 5.71. The maximum atomic E-state index is 13.3. The Morgan fingerprint density at radius 1 is 1.18 bits per heavy atom. The summed E-state index contributed by atoms with van der Waals surface area (Å²) in [4.78, 5) is 38.9. The summed E-state index contributed by atoms with van der Waals surface area (Å²) in [5, 5.41) is 2.70. The van der Waals surface area contributed by atoms with Crippen molar-refractivity contribution in [3.05, 3.63) is 35.9 Å². The number of carbonyl (C=O) groups excluding carboxylic acids is 3. The van der Waals surface area contributed by atoms with Crippen LogP contribution in [0, 0.1) is 5.41 Å². The van der Waals surface area contributed by atoms with Crippen LogP contribution < -0.4 is 5.32 Å². The van der Waals surface area contributed by atoms with E-state index < -0.39 is 29.1 Å². The average Bonchev–Trinajstić information content (AvgIpc) is 3.43. The predicted molar refractivity (Wildman–Crippen MR) is 104 cm³/mol. The van der Waals surface area contributed by atoms with E-state index in [1.807, 2.05) is 30.3 Å². The Balaban J connectivity index is 2.12. The summed E-state index contributed by atoms with van der Waals surface area (Å²) in [7, 11) is 1.31. The van der Waals surface area contributed by atoms with Crippen LogP contribution in [0.4, 0.5) is 4.79 Å². The van der Waals surface area contributed by atoms with Crippen molar-refractivity contribution in [2.45, 2.75) is 58.7 Å². The van der Waals surface area contributed by atoms with Crippen molar-refractivity contribution in [2.24, 2.45) is 5.41 Å². The van der Waals surface area contributed by atoms with Gasteiger partial charge in [0.25, 0.3) is 0 Å². The Morgan fingerprint density at radius 2 is 1.79 bits per heavy atom. The van der Waals surface area contributed by atoms with Gasteiger partial charge in [-0.15, -0.1) is 0 Å². The van der Waals surface area contributed by atoms with Crippen molar-refractivity contribution in [2.75, 3.05) is 13.7 Å². The maximum absolute atomic E-state index is 13.3. The molecule has 1 aliphatic carbocycles. The van der Waals surface area contributed by atoms with Crippen LogP contribution in [0.15, 0.2) is 30.3 Å². The molecule has 2 amide bonds. The molecule has 0 aromatic heterocycles. The molecule has 1 aliphatic rings. The van der Waals surface area contributed by atoms with E-state index in [2.05, 4.69) is 5.32 Å². The highest BCUT2D eigenvalue weighted by Crippen LogP contribution is 2.47. The van der Waals surface area contributed by atoms with E-state index in [1.165, 1.54) is 12.0 Å². The lowest BCUT2D eigenvalue weighted by atomic mass is 10.0. The van der Waals surface area contributed by atoms with Gasteiger partial charge in [0.1, 0.15) is 11.6 Å². The van der Waals surface area contributed by atoms with E-state index in [1.54, 1.807) is 27.7 Å². The molecule has 28 heavy (non-hydrogen) atoms. The molecule has 154 valence electrons. The second-order valence-electron chi connectivity index (χ2n) is 8.25. The van der Waals surface area contributed by atoms with Gasteiger partial charge in [0, 0.05) is 13.1 Å². The normalized spacial score (nSPS) is 15.9. The van der Waals surface area contributed by atoms with Gasteiger partial charge >= 0.3 is 12.1 Å². The third-order valence-electron chi connectivity index (χ3n) is 4.74. The average molecular weight is 390 g/mol. The van der Waals surface area contributed by atoms with Crippen LogP contribution in [0.3, 0.4) is 0 Å². The Morgan fingerprint density at radius 3 is 2.29 bits per heavy atom. The lowest BCUT2D eigenvalue weighted by molar-refractivity contribution is -0.154. The molecule has 0 unspecified atom stereocenters. The first-order valence-electron chi connectivity index (χ1n) is 9.48. The van der Waals surface area contributed by atoms with E-state index in [0.717, 1.165) is 5.56 Å². The Bertz CT molecular complexity index is 707. The smallest absolute Gasteiger partial charge is 0.407 e. The summed E-state index contributed by atoms with van der Waals surface area (Å²) in [6.07, 6.45) is 0.754. The quantitative estimate of drug-likeness (QED) is 0.724. The van der Waals surface area contributed by atoms with Crippen LogP contribution in [-0.4, -0.2) is 48.2 Å². The lowest BCUT2D eigenvalue weighted by Gasteiger charge is -2.31. The Hall–Kier alpha value is -2.57. The summed E-state index contributed by atoms with van der Waals surface area (Å²) >= 11 is 0. The maximum Gasteiger partial charge on any atom is 0.407 e. The molecular formula is C21H30N2O5. The zero-order valence-corrected chi connectivity index (χ0v) is 17.3. The molecule has 0 radical (unpaired) electrons. The van der Waals surface area contributed by atoms with E-state index in [9.17, 15) is 14.4 Å². The molecule has 0 spiro atoms. The van der Waals surface area contributed by atoms with Gasteiger partial charge in [0.15, 0.2) is 0 Å². The molecule has 1 fully saturated rings. The zero-order chi connectivity index (χ0) is 20.9. The van der Waals surface area contributed by atoms with Crippen LogP contribution in [0.2, 0.25) is 0 Å². The van der Waals surface area contributed by atoms with Gasteiger partial charge in [-0.2, -0.15) is 0 Å². The summed E-state index contributed by atoms with van der Waals surface area (Å²) in [6, 6.07) is 8.75. The molecule has 2 rings (SSSR count). The van der Waals surface area contributed by atoms with Crippen molar-refractivity contribution in [1.29, 1.82) is 0 Å². The molecule has 1 saturated carbocycles. The van der Waals surface area contributed by atoms with Gasteiger partial charge in [-0.3, -0.25) is 4.79 Å². The largest absolute Gasteiger partial charge is 0.467 e. The minimum Gasteiger partial charge on any atom is -0.467 e. The van der Waals surface area contributed by atoms with Crippen LogP contribution in [-0.2, 0) is 25.6 Å². The molecule has 7 heteroatoms. The predicted octanol–water partition coefficient (Wildman–Crippen LogP) is 2.88. The van der Waals surface area contributed by atoms with Crippen LogP contribution in [0.25, 0.3) is 0 Å². The molecule has 0 bridgehead atoms. The number of nitrogens with zero attached hydrogens (tertiary/aromatic N) is 1. The van der Waals surface area contributed by atoms with Crippen molar-refractivity contribution < 1.29 is 23.9 Å². The number of methoxy groups -OCH3 is 1. The van der Waals surface area contributed by atoms with Gasteiger partial charge in [0.2, 0.25) is 5.91 Å². The third-order valence-corrected chi connectivity index (χ3v) is 4.74. The van der Waals surface area contributed by atoms with E-state index in [0.29, 0.717) is 19.4 Å². The van der Waals surface area contributed by atoms with Gasteiger partial charge in [0.05, 0.1) is 12.5 Å². The highest BCUT2D eigenvalue weighted by atomic mass is 16.6. The topological polar surface area (TPSA) is 84.9 Å². The summed E-state index contributed by atoms with van der Waals surface area (Å²) < 4.78 is 10.1. The highest BCUT2D eigenvalue weighted by molar-refractivity contribution is 5.90. The van der Waals surface area contributed by atoms with Gasteiger partial charge in [-0.05, 0) is 46.1 Å². The van der Waals surface area contributed by atoms with Crippen molar-refractivity contribution >= 4 is 18.0 Å². The van der Waals surface area contributed by atoms with E-state index in [-0.39, 0.29) is 12.5 Å². The van der Waals surface area contributed by atoms with Crippen LogP contribution >= 0.6 is 0 Å². The molecule has 1 aromatic carbocycles. The summed E-state index contributed by atoms with van der Waals surface area (Å²) in [5.41, 5.74) is -0.389. The molecule has 0 aliphatic heterocycles. The number of hydrogen-bond donors (Lipinski definition) is 1. The number of ether oxygens (including phenoxy) is 2. The molecule has 0 saturated heterocycles. The number of benzene rings is 1. The van der Waals surface area contributed by atoms with Crippen molar-refractivity contribution in [1.82, 2.24) is 10.2 Å². The summed E-state index contributed by atoms with van der Waals surface area (Å²) in [5.74, 6) is -0.634. The summed E-state index contributed by atoms with van der Waals surface area (Å²) in [6.45, 7) is 7.48. The number of nitrogens with one attached hydrogen (secondary N) is 1.